The minimum absolute atomic E-state index is 0.139. The van der Waals surface area contributed by atoms with Gasteiger partial charge in [-0.15, -0.1) is 0 Å². The summed E-state index contributed by atoms with van der Waals surface area (Å²) >= 11 is 0. The van der Waals surface area contributed by atoms with Crippen LogP contribution in [0.25, 0.3) is 0 Å². The standard InChI is InChI=1S/C12H26N2O2/c1-4-13-12(2,10-15)6-8-14-7-5-11(9-14)16-3/h11,13,15H,4-10H2,1-3H3. The highest BCUT2D eigenvalue weighted by Crippen LogP contribution is 2.15. The number of rotatable bonds is 7. The van der Waals surface area contributed by atoms with E-state index in [4.69, 9.17) is 4.74 Å². The molecule has 1 heterocycles. The summed E-state index contributed by atoms with van der Waals surface area (Å²) in [6, 6.07) is 0. The molecule has 1 fully saturated rings. The zero-order valence-electron chi connectivity index (χ0n) is 10.8. The van der Waals surface area contributed by atoms with E-state index in [1.54, 1.807) is 7.11 Å². The summed E-state index contributed by atoms with van der Waals surface area (Å²) in [5.74, 6) is 0. The predicted octanol–water partition coefficient (Wildman–Crippen LogP) is 0.458. The predicted molar refractivity (Wildman–Crippen MR) is 65.6 cm³/mol. The second kappa shape index (κ2) is 6.55. The van der Waals surface area contributed by atoms with Crippen LogP contribution in [0.1, 0.15) is 26.7 Å². The number of nitrogens with one attached hydrogen (secondary N) is 1. The fourth-order valence-corrected chi connectivity index (χ4v) is 2.25. The molecule has 1 aliphatic rings. The Morgan fingerprint density at radius 3 is 2.81 bits per heavy atom. The van der Waals surface area contributed by atoms with E-state index in [1.165, 1.54) is 0 Å². The second-order valence-electron chi connectivity index (χ2n) is 4.95. The van der Waals surface area contributed by atoms with Gasteiger partial charge in [-0.2, -0.15) is 0 Å². The van der Waals surface area contributed by atoms with Crippen LogP contribution in [-0.2, 0) is 4.74 Å². The van der Waals surface area contributed by atoms with Gasteiger partial charge in [-0.3, -0.25) is 0 Å². The summed E-state index contributed by atoms with van der Waals surface area (Å²) in [6.07, 6.45) is 2.51. The first-order chi connectivity index (χ1) is 7.63. The summed E-state index contributed by atoms with van der Waals surface area (Å²) in [5.41, 5.74) is -0.139. The third-order valence-corrected chi connectivity index (χ3v) is 3.49. The highest BCUT2D eigenvalue weighted by atomic mass is 16.5. The number of hydrogen-bond donors (Lipinski definition) is 2. The molecule has 96 valence electrons. The van der Waals surface area contributed by atoms with Crippen LogP contribution in [0.4, 0.5) is 0 Å². The monoisotopic (exact) mass is 230 g/mol. The molecule has 2 N–H and O–H groups in total. The van der Waals surface area contributed by atoms with Crippen LogP contribution in [0.15, 0.2) is 0 Å². The average molecular weight is 230 g/mol. The molecule has 0 aromatic rings. The largest absolute Gasteiger partial charge is 0.394 e. The smallest absolute Gasteiger partial charge is 0.0710 e. The molecule has 0 amide bonds. The number of likely N-dealkylation sites (N-methyl/N-ethyl adjacent to an activating group) is 1. The van der Waals surface area contributed by atoms with E-state index in [0.717, 1.165) is 39.0 Å². The molecule has 1 saturated heterocycles. The van der Waals surface area contributed by atoms with E-state index in [2.05, 4.69) is 24.1 Å². The van der Waals surface area contributed by atoms with Crippen molar-refractivity contribution in [2.45, 2.75) is 38.3 Å². The Hall–Kier alpha value is -0.160. The molecule has 2 unspecified atom stereocenters. The number of hydrogen-bond acceptors (Lipinski definition) is 4. The third-order valence-electron chi connectivity index (χ3n) is 3.49. The molecule has 0 spiro atoms. The SMILES string of the molecule is CCNC(C)(CO)CCN1CCC(OC)C1. The van der Waals surface area contributed by atoms with E-state index in [1.807, 2.05) is 0 Å². The second-order valence-corrected chi connectivity index (χ2v) is 4.95. The van der Waals surface area contributed by atoms with Crippen LogP contribution in [0.2, 0.25) is 0 Å². The average Bonchev–Trinajstić information content (AvgIpc) is 2.75. The summed E-state index contributed by atoms with van der Waals surface area (Å²) in [4.78, 5) is 2.42. The summed E-state index contributed by atoms with van der Waals surface area (Å²) < 4.78 is 5.34. The van der Waals surface area contributed by atoms with Crippen molar-refractivity contribution in [3.8, 4) is 0 Å². The molecule has 0 aromatic carbocycles. The summed E-state index contributed by atoms with van der Waals surface area (Å²) in [6.45, 7) is 8.44. The Kier molecular flexibility index (Phi) is 5.69. The zero-order valence-corrected chi connectivity index (χ0v) is 10.8. The lowest BCUT2D eigenvalue weighted by Gasteiger charge is -2.30. The van der Waals surface area contributed by atoms with E-state index >= 15 is 0 Å². The Balaban J connectivity index is 2.27. The molecule has 2 atom stereocenters. The van der Waals surface area contributed by atoms with Crippen molar-refractivity contribution in [1.29, 1.82) is 0 Å². The molecule has 0 bridgehead atoms. The van der Waals surface area contributed by atoms with Crippen LogP contribution in [0, 0.1) is 0 Å². The summed E-state index contributed by atoms with van der Waals surface area (Å²) in [5, 5.41) is 12.7. The maximum absolute atomic E-state index is 9.38. The zero-order chi connectivity index (χ0) is 12.0. The number of ether oxygens (including phenoxy) is 1. The van der Waals surface area contributed by atoms with Gasteiger partial charge in [0.1, 0.15) is 0 Å². The molecule has 16 heavy (non-hydrogen) atoms. The lowest BCUT2D eigenvalue weighted by molar-refractivity contribution is 0.104. The molecule has 4 heteroatoms. The first-order valence-corrected chi connectivity index (χ1v) is 6.24. The van der Waals surface area contributed by atoms with Gasteiger partial charge in [-0.1, -0.05) is 6.92 Å². The normalized spacial score (nSPS) is 25.9. The van der Waals surface area contributed by atoms with Crippen molar-refractivity contribution in [2.24, 2.45) is 0 Å². The molecule has 1 aliphatic heterocycles. The molecule has 4 nitrogen and oxygen atoms in total. The maximum atomic E-state index is 9.38. The van der Waals surface area contributed by atoms with Crippen LogP contribution < -0.4 is 5.32 Å². The number of likely N-dealkylation sites (tertiary alicyclic amines) is 1. The van der Waals surface area contributed by atoms with Gasteiger partial charge in [-0.05, 0) is 26.3 Å². The van der Waals surface area contributed by atoms with Gasteiger partial charge >= 0.3 is 0 Å². The Labute approximate surface area is 99.0 Å². The van der Waals surface area contributed by atoms with Gasteiger partial charge in [0.15, 0.2) is 0 Å². The van der Waals surface area contributed by atoms with Crippen molar-refractivity contribution < 1.29 is 9.84 Å². The minimum atomic E-state index is -0.139. The first kappa shape index (κ1) is 13.9. The van der Waals surface area contributed by atoms with Gasteiger partial charge < -0.3 is 20.1 Å². The van der Waals surface area contributed by atoms with Gasteiger partial charge in [0.2, 0.25) is 0 Å². The molecule has 1 rings (SSSR count). The van der Waals surface area contributed by atoms with Crippen molar-refractivity contribution >= 4 is 0 Å². The summed E-state index contributed by atoms with van der Waals surface area (Å²) in [7, 11) is 1.78. The third kappa shape index (κ3) is 4.01. The van der Waals surface area contributed by atoms with Crippen molar-refractivity contribution in [3.63, 3.8) is 0 Å². The van der Waals surface area contributed by atoms with Crippen LogP contribution in [0.5, 0.6) is 0 Å². The molecule has 0 radical (unpaired) electrons. The van der Waals surface area contributed by atoms with Gasteiger partial charge in [0.25, 0.3) is 0 Å². The van der Waals surface area contributed by atoms with Gasteiger partial charge in [-0.25, -0.2) is 0 Å². The molecular weight excluding hydrogens is 204 g/mol. The lowest BCUT2D eigenvalue weighted by atomic mass is 9.99. The highest BCUT2D eigenvalue weighted by molar-refractivity contribution is 4.85. The fraction of sp³-hybridized carbons (Fsp3) is 1.00. The Bertz CT molecular complexity index is 201. The van der Waals surface area contributed by atoms with Crippen LogP contribution in [-0.4, -0.2) is 61.5 Å². The fourth-order valence-electron chi connectivity index (χ4n) is 2.25. The highest BCUT2D eigenvalue weighted by Gasteiger charge is 2.26. The maximum Gasteiger partial charge on any atom is 0.0710 e. The molecule has 0 aromatic heterocycles. The van der Waals surface area contributed by atoms with Crippen molar-refractivity contribution in [2.75, 3.05) is 39.9 Å². The molecule has 0 saturated carbocycles. The Morgan fingerprint density at radius 1 is 1.56 bits per heavy atom. The van der Waals surface area contributed by atoms with Gasteiger partial charge in [0.05, 0.1) is 12.7 Å². The number of aliphatic hydroxyl groups excluding tert-OH is 1. The van der Waals surface area contributed by atoms with E-state index in [-0.39, 0.29) is 12.1 Å². The van der Waals surface area contributed by atoms with Gasteiger partial charge in [0, 0.05) is 32.3 Å². The molecular formula is C12H26N2O2. The quantitative estimate of drug-likeness (QED) is 0.667. The minimum Gasteiger partial charge on any atom is -0.394 e. The van der Waals surface area contributed by atoms with Crippen LogP contribution >= 0.6 is 0 Å². The number of nitrogens with zero attached hydrogens (tertiary/aromatic N) is 1. The van der Waals surface area contributed by atoms with Crippen LogP contribution in [0.3, 0.4) is 0 Å². The van der Waals surface area contributed by atoms with Crippen molar-refractivity contribution in [1.82, 2.24) is 10.2 Å². The molecule has 0 aliphatic carbocycles. The lowest BCUT2D eigenvalue weighted by Crippen LogP contribution is -2.47. The van der Waals surface area contributed by atoms with E-state index in [9.17, 15) is 5.11 Å². The van der Waals surface area contributed by atoms with E-state index < -0.39 is 0 Å². The number of aliphatic hydroxyl groups is 1. The number of methoxy groups -OCH3 is 1. The Morgan fingerprint density at radius 2 is 2.31 bits per heavy atom. The topological polar surface area (TPSA) is 44.7 Å². The first-order valence-electron chi connectivity index (χ1n) is 6.24. The van der Waals surface area contributed by atoms with E-state index in [0.29, 0.717) is 6.10 Å². The van der Waals surface area contributed by atoms with Crippen molar-refractivity contribution in [3.05, 3.63) is 0 Å².